The fraction of sp³-hybridized carbons (Fsp3) is 0.429. The van der Waals surface area contributed by atoms with Crippen molar-refractivity contribution in [2.75, 3.05) is 57.7 Å². The molecule has 0 atom stereocenters. The molecule has 0 saturated carbocycles. The van der Waals surface area contributed by atoms with Crippen molar-refractivity contribution in [3.63, 3.8) is 0 Å². The number of H-pyrrole nitrogens is 1. The SMILES string of the molecule is CC(C)N1CCN(CCNC(=O)N2CC=C(c3cc4c(Nc5ccc6ncsc6c5)ncnc4[nH]3)CC2)CC1. The molecule has 3 aromatic heterocycles. The smallest absolute Gasteiger partial charge is 0.317 e. The Morgan fingerprint density at radius 2 is 1.97 bits per heavy atom. The first kappa shape index (κ1) is 25.7. The maximum Gasteiger partial charge on any atom is 0.317 e. The van der Waals surface area contributed by atoms with Gasteiger partial charge in [-0.25, -0.2) is 19.7 Å². The summed E-state index contributed by atoms with van der Waals surface area (Å²) in [6.07, 6.45) is 4.49. The average Bonchev–Trinajstić information content (AvgIpc) is 3.61. The molecule has 1 aromatic carbocycles. The first-order valence-corrected chi connectivity index (χ1v) is 14.5. The zero-order valence-electron chi connectivity index (χ0n) is 22.5. The Bertz CT molecular complexity index is 1480. The first-order valence-electron chi connectivity index (χ1n) is 13.7. The van der Waals surface area contributed by atoms with Gasteiger partial charge in [-0.1, -0.05) is 6.08 Å². The van der Waals surface area contributed by atoms with E-state index in [2.05, 4.69) is 72.4 Å². The topological polar surface area (TPSA) is 105 Å². The zero-order chi connectivity index (χ0) is 26.8. The van der Waals surface area contributed by atoms with E-state index in [1.54, 1.807) is 17.7 Å². The molecule has 0 radical (unpaired) electrons. The van der Waals surface area contributed by atoms with Gasteiger partial charge in [-0.3, -0.25) is 9.80 Å². The highest BCUT2D eigenvalue weighted by Gasteiger charge is 2.21. The van der Waals surface area contributed by atoms with Crippen molar-refractivity contribution in [3.05, 3.63) is 47.9 Å². The molecular weight excluding hydrogens is 510 g/mol. The van der Waals surface area contributed by atoms with E-state index in [4.69, 9.17) is 0 Å². The molecule has 1 fully saturated rings. The molecule has 10 nitrogen and oxygen atoms in total. The number of aromatic nitrogens is 4. The van der Waals surface area contributed by atoms with Crippen molar-refractivity contribution in [2.45, 2.75) is 26.3 Å². The molecule has 6 rings (SSSR count). The molecule has 5 heterocycles. The van der Waals surface area contributed by atoms with Crippen LogP contribution in [0.4, 0.5) is 16.3 Å². The number of anilines is 2. The summed E-state index contributed by atoms with van der Waals surface area (Å²) in [6.45, 7) is 11.7. The minimum atomic E-state index is 0.0121. The van der Waals surface area contributed by atoms with Crippen LogP contribution in [0.1, 0.15) is 26.0 Å². The summed E-state index contributed by atoms with van der Waals surface area (Å²) in [5.74, 6) is 0.759. The number of fused-ring (bicyclic) bond motifs is 2. The van der Waals surface area contributed by atoms with Crippen LogP contribution in [0, 0.1) is 0 Å². The number of thiazole rings is 1. The monoisotopic (exact) mass is 545 g/mol. The summed E-state index contributed by atoms with van der Waals surface area (Å²) < 4.78 is 1.13. The summed E-state index contributed by atoms with van der Waals surface area (Å²) >= 11 is 1.62. The van der Waals surface area contributed by atoms with Gasteiger partial charge in [0.1, 0.15) is 17.8 Å². The van der Waals surface area contributed by atoms with Gasteiger partial charge < -0.3 is 20.5 Å². The second-order valence-corrected chi connectivity index (χ2v) is 11.3. The van der Waals surface area contributed by atoms with Crippen LogP contribution in [0.15, 0.2) is 42.2 Å². The molecule has 2 aliphatic rings. The number of hydrogen-bond acceptors (Lipinski definition) is 8. The van der Waals surface area contributed by atoms with Gasteiger partial charge in [0.25, 0.3) is 0 Å². The number of nitrogens with one attached hydrogen (secondary N) is 3. The number of rotatable bonds is 7. The van der Waals surface area contributed by atoms with Crippen LogP contribution in [0.3, 0.4) is 0 Å². The van der Waals surface area contributed by atoms with E-state index in [-0.39, 0.29) is 6.03 Å². The number of urea groups is 1. The van der Waals surface area contributed by atoms with E-state index < -0.39 is 0 Å². The van der Waals surface area contributed by atoms with Gasteiger partial charge in [-0.2, -0.15) is 0 Å². The molecule has 204 valence electrons. The van der Waals surface area contributed by atoms with E-state index >= 15 is 0 Å². The van der Waals surface area contributed by atoms with Crippen molar-refractivity contribution in [2.24, 2.45) is 0 Å². The fourth-order valence-electron chi connectivity index (χ4n) is 5.32. The summed E-state index contributed by atoms with van der Waals surface area (Å²) in [5.41, 5.74) is 6.81. The Labute approximate surface area is 232 Å². The summed E-state index contributed by atoms with van der Waals surface area (Å²) in [6, 6.07) is 8.83. The lowest BCUT2D eigenvalue weighted by atomic mass is 10.1. The largest absolute Gasteiger partial charge is 0.340 e. The number of carbonyl (C=O) groups excluding carboxylic acids is 1. The van der Waals surface area contributed by atoms with Gasteiger partial charge in [-0.15, -0.1) is 11.3 Å². The molecule has 0 bridgehead atoms. The minimum Gasteiger partial charge on any atom is -0.340 e. The Balaban J connectivity index is 1.04. The van der Waals surface area contributed by atoms with Gasteiger partial charge in [0.05, 0.1) is 21.1 Å². The summed E-state index contributed by atoms with van der Waals surface area (Å²) in [4.78, 5) is 36.3. The van der Waals surface area contributed by atoms with Gasteiger partial charge in [0.15, 0.2) is 0 Å². The molecule has 0 aliphatic carbocycles. The Morgan fingerprint density at radius 3 is 2.77 bits per heavy atom. The predicted molar refractivity (Wildman–Crippen MR) is 158 cm³/mol. The van der Waals surface area contributed by atoms with Gasteiger partial charge in [0, 0.05) is 69.8 Å². The maximum atomic E-state index is 12.8. The Kier molecular flexibility index (Phi) is 7.45. The van der Waals surface area contributed by atoms with E-state index in [0.29, 0.717) is 25.7 Å². The molecular formula is C28H35N9OS. The number of benzene rings is 1. The second kappa shape index (κ2) is 11.3. The van der Waals surface area contributed by atoms with E-state index in [1.807, 2.05) is 22.5 Å². The number of nitrogens with zero attached hydrogens (tertiary/aromatic N) is 6. The van der Waals surface area contributed by atoms with Crippen LogP contribution >= 0.6 is 11.3 Å². The quantitative estimate of drug-likeness (QED) is 0.321. The lowest BCUT2D eigenvalue weighted by molar-refractivity contribution is 0.109. The molecule has 2 aliphatic heterocycles. The zero-order valence-corrected chi connectivity index (χ0v) is 23.3. The third-order valence-electron chi connectivity index (χ3n) is 7.70. The van der Waals surface area contributed by atoms with Gasteiger partial charge >= 0.3 is 6.03 Å². The van der Waals surface area contributed by atoms with Crippen LogP contribution in [-0.4, -0.2) is 99.1 Å². The normalized spacial score (nSPS) is 17.2. The molecule has 11 heteroatoms. The highest BCUT2D eigenvalue weighted by Crippen LogP contribution is 2.30. The number of carbonyl (C=O) groups is 1. The van der Waals surface area contributed by atoms with Crippen LogP contribution in [-0.2, 0) is 0 Å². The standard InChI is InChI=1S/C28H35N9OS/c1-19(2)36-13-11-35(12-14-36)10-7-29-28(38)37-8-5-20(6-9-37)24-16-22-26(30-17-31-27(22)34-24)33-21-3-4-23-25(15-21)39-18-32-23/h3-5,15-19H,6-14H2,1-2H3,(H,29,38)(H2,30,31,33,34). The van der Waals surface area contributed by atoms with Crippen molar-refractivity contribution < 1.29 is 4.79 Å². The maximum absolute atomic E-state index is 12.8. The van der Waals surface area contributed by atoms with E-state index in [9.17, 15) is 4.79 Å². The minimum absolute atomic E-state index is 0.0121. The van der Waals surface area contributed by atoms with Crippen molar-refractivity contribution in [1.29, 1.82) is 0 Å². The molecule has 39 heavy (non-hydrogen) atoms. The lowest BCUT2D eigenvalue weighted by Gasteiger charge is -2.37. The van der Waals surface area contributed by atoms with Crippen LogP contribution < -0.4 is 10.6 Å². The number of amides is 2. The number of aromatic amines is 1. The van der Waals surface area contributed by atoms with Crippen molar-refractivity contribution in [1.82, 2.24) is 40.0 Å². The van der Waals surface area contributed by atoms with E-state index in [0.717, 1.165) is 77.6 Å². The van der Waals surface area contributed by atoms with Crippen molar-refractivity contribution >= 4 is 55.7 Å². The van der Waals surface area contributed by atoms with Crippen molar-refractivity contribution in [3.8, 4) is 0 Å². The fourth-order valence-corrected chi connectivity index (χ4v) is 6.03. The summed E-state index contributed by atoms with van der Waals surface area (Å²) in [7, 11) is 0. The molecule has 4 aromatic rings. The lowest BCUT2D eigenvalue weighted by Crippen LogP contribution is -2.51. The second-order valence-electron chi connectivity index (χ2n) is 10.5. The van der Waals surface area contributed by atoms with Crippen LogP contribution in [0.2, 0.25) is 0 Å². The molecule has 0 unspecified atom stereocenters. The summed E-state index contributed by atoms with van der Waals surface area (Å²) in [5, 5.41) is 7.49. The molecule has 2 amide bonds. The predicted octanol–water partition coefficient (Wildman–Crippen LogP) is 4.14. The van der Waals surface area contributed by atoms with Crippen LogP contribution in [0.25, 0.3) is 26.8 Å². The van der Waals surface area contributed by atoms with Gasteiger partial charge in [0.2, 0.25) is 0 Å². The third kappa shape index (κ3) is 5.75. The first-order chi connectivity index (χ1) is 19.0. The molecule has 0 spiro atoms. The van der Waals surface area contributed by atoms with Crippen LogP contribution in [0.5, 0.6) is 0 Å². The average molecular weight is 546 g/mol. The Hall–Kier alpha value is -3.54. The van der Waals surface area contributed by atoms with Gasteiger partial charge in [-0.05, 0) is 50.1 Å². The highest BCUT2D eigenvalue weighted by molar-refractivity contribution is 7.16. The Morgan fingerprint density at radius 1 is 1.10 bits per heavy atom. The third-order valence-corrected chi connectivity index (χ3v) is 8.50. The highest BCUT2D eigenvalue weighted by atomic mass is 32.1. The number of piperazine rings is 1. The van der Waals surface area contributed by atoms with E-state index in [1.165, 1.54) is 5.57 Å². The molecule has 1 saturated heterocycles. The number of hydrogen-bond donors (Lipinski definition) is 3. The molecule has 3 N–H and O–H groups in total.